The molecule has 3 N–H and O–H groups in total. The maximum atomic E-state index is 12.4. The molecule has 0 unspecified atom stereocenters. The highest BCUT2D eigenvalue weighted by molar-refractivity contribution is 6.25. The molecule has 0 spiro atoms. The molecule has 0 aliphatic heterocycles. The number of amides is 1. The lowest BCUT2D eigenvalue weighted by Gasteiger charge is -2.17. The monoisotopic (exact) mass is 349 g/mol. The molecule has 1 amide bonds. The van der Waals surface area contributed by atoms with Gasteiger partial charge in [-0.05, 0) is 30.3 Å². The topological polar surface area (TPSA) is 111 Å². The van der Waals surface area contributed by atoms with Crippen molar-refractivity contribution in [2.24, 2.45) is 5.73 Å². The van der Waals surface area contributed by atoms with Crippen LogP contribution < -0.4 is 11.1 Å². The van der Waals surface area contributed by atoms with Gasteiger partial charge in [0, 0.05) is 11.3 Å². The average molecular weight is 349 g/mol. The molecule has 1 aromatic heterocycles. The molecule has 26 heavy (non-hydrogen) atoms. The second-order valence-electron chi connectivity index (χ2n) is 5.47. The molecule has 1 heterocycles. The minimum atomic E-state index is -0.561. The largest absolute Gasteiger partial charge is 0.491 e. The Morgan fingerprint density at radius 3 is 2.69 bits per heavy atom. The van der Waals surface area contributed by atoms with Gasteiger partial charge < -0.3 is 15.8 Å². The van der Waals surface area contributed by atoms with Gasteiger partial charge in [0.15, 0.2) is 5.76 Å². The molecule has 7 heteroatoms. The third-order valence-corrected chi connectivity index (χ3v) is 3.87. The van der Waals surface area contributed by atoms with Gasteiger partial charge in [0.2, 0.25) is 17.5 Å². The number of allylic oxidation sites excluding steroid dienone is 2. The Balaban J connectivity index is 2.03. The van der Waals surface area contributed by atoms with Crippen molar-refractivity contribution in [3.63, 3.8) is 0 Å². The van der Waals surface area contributed by atoms with Crippen LogP contribution in [0.1, 0.15) is 20.8 Å². The summed E-state index contributed by atoms with van der Waals surface area (Å²) < 4.78 is 4.93. The molecule has 0 atom stereocenters. The van der Waals surface area contributed by atoms with Gasteiger partial charge in [0.1, 0.15) is 11.4 Å². The number of anilines is 1. The molecule has 1 aromatic carbocycles. The number of carbonyl (C=O) groups excluding carboxylic acids is 3. The number of Topliss-reactive ketones (excluding diaryl/α,β-unsaturated/α-hetero) is 2. The molecular weight excluding hydrogens is 334 g/mol. The van der Waals surface area contributed by atoms with Crippen LogP contribution in [0.3, 0.4) is 0 Å². The van der Waals surface area contributed by atoms with Crippen LogP contribution in [0.4, 0.5) is 5.69 Å². The first kappa shape index (κ1) is 17.1. The summed E-state index contributed by atoms with van der Waals surface area (Å²) in [6.45, 7) is 3.40. The Kier molecular flexibility index (Phi) is 4.36. The number of aromatic nitrogens is 1. The molecule has 7 nitrogen and oxygen atoms in total. The Morgan fingerprint density at radius 2 is 2.00 bits per heavy atom. The molecule has 130 valence electrons. The fourth-order valence-corrected chi connectivity index (χ4v) is 2.60. The van der Waals surface area contributed by atoms with Crippen LogP contribution in [0.15, 0.2) is 60.5 Å². The number of carbonyl (C=O) groups is 3. The van der Waals surface area contributed by atoms with Crippen molar-refractivity contribution in [1.82, 2.24) is 4.98 Å². The minimum Gasteiger partial charge on any atom is -0.491 e. The van der Waals surface area contributed by atoms with Gasteiger partial charge in [-0.25, -0.2) is 4.98 Å². The lowest BCUT2D eigenvalue weighted by atomic mass is 9.95. The van der Waals surface area contributed by atoms with E-state index < -0.39 is 11.6 Å². The third-order valence-electron chi connectivity index (χ3n) is 3.87. The van der Waals surface area contributed by atoms with Crippen LogP contribution in [0, 0.1) is 0 Å². The third kappa shape index (κ3) is 2.86. The van der Waals surface area contributed by atoms with Crippen molar-refractivity contribution in [1.29, 1.82) is 0 Å². The molecule has 1 aliphatic rings. The number of benzene rings is 1. The van der Waals surface area contributed by atoms with E-state index in [0.717, 1.165) is 6.08 Å². The number of methoxy groups -OCH3 is 1. The Bertz CT molecular complexity index is 992. The molecule has 2 aromatic rings. The van der Waals surface area contributed by atoms with E-state index in [-0.39, 0.29) is 28.6 Å². The Labute approximate surface area is 149 Å². The molecule has 3 rings (SSSR count). The van der Waals surface area contributed by atoms with Gasteiger partial charge in [0.25, 0.3) is 0 Å². The lowest BCUT2D eigenvalue weighted by Crippen LogP contribution is -2.28. The normalized spacial score (nSPS) is 13.3. The number of nitrogens with one attached hydrogen (secondary N) is 1. The number of fused-ring (bicyclic) bond motifs is 1. The number of rotatable bonds is 4. The fraction of sp³-hybridized carbons (Fsp3) is 0.0526. The summed E-state index contributed by atoms with van der Waals surface area (Å²) in [5, 5.41) is 2.65. The van der Waals surface area contributed by atoms with E-state index in [4.69, 9.17) is 10.5 Å². The van der Waals surface area contributed by atoms with E-state index in [0.29, 0.717) is 16.9 Å². The maximum absolute atomic E-state index is 12.4. The lowest BCUT2D eigenvalue weighted by molar-refractivity contribution is -0.111. The number of pyridine rings is 1. The average Bonchev–Trinajstić information content (AvgIpc) is 2.66. The summed E-state index contributed by atoms with van der Waals surface area (Å²) >= 11 is 0. The van der Waals surface area contributed by atoms with Crippen LogP contribution in [-0.4, -0.2) is 29.6 Å². The zero-order valence-corrected chi connectivity index (χ0v) is 13.9. The van der Waals surface area contributed by atoms with Crippen molar-refractivity contribution < 1.29 is 19.1 Å². The number of ketones is 2. The highest BCUT2D eigenvalue weighted by atomic mass is 16.5. The smallest absolute Gasteiger partial charge is 0.247 e. The molecule has 0 bridgehead atoms. The zero-order chi connectivity index (χ0) is 18.8. The van der Waals surface area contributed by atoms with Gasteiger partial charge in [0.05, 0.1) is 18.4 Å². The molecule has 0 radical (unpaired) electrons. The van der Waals surface area contributed by atoms with Crippen molar-refractivity contribution in [2.75, 3.05) is 12.4 Å². The van der Waals surface area contributed by atoms with E-state index in [1.54, 1.807) is 30.3 Å². The number of hydrogen-bond acceptors (Lipinski definition) is 6. The van der Waals surface area contributed by atoms with Crippen LogP contribution in [-0.2, 0) is 9.53 Å². The SMILES string of the molecule is C=CC(=O)Nc1cccc(-c2ccc3c(n2)C(=O)C(N)=C(OC)C3=O)c1. The Morgan fingerprint density at radius 1 is 1.23 bits per heavy atom. The van der Waals surface area contributed by atoms with E-state index in [1.165, 1.54) is 13.2 Å². The molecule has 1 aliphatic carbocycles. The van der Waals surface area contributed by atoms with Crippen LogP contribution in [0.5, 0.6) is 0 Å². The van der Waals surface area contributed by atoms with Crippen LogP contribution in [0.2, 0.25) is 0 Å². The van der Waals surface area contributed by atoms with E-state index in [9.17, 15) is 14.4 Å². The van der Waals surface area contributed by atoms with E-state index in [1.807, 2.05) is 0 Å². The second-order valence-corrected chi connectivity index (χ2v) is 5.47. The van der Waals surface area contributed by atoms with Gasteiger partial charge in [-0.3, -0.25) is 14.4 Å². The minimum absolute atomic E-state index is 0.0219. The molecule has 0 fully saturated rings. The Hall–Kier alpha value is -3.74. The number of nitrogens with zero attached hydrogens (tertiary/aromatic N) is 1. The predicted octanol–water partition coefficient (Wildman–Crippen LogP) is 2.07. The standard InChI is InChI=1S/C19H15N3O4/c1-3-14(23)21-11-6-4-5-10(9-11)13-8-7-12-16(22-13)18(25)15(20)19(26-2)17(12)24/h3-9H,1,20H2,2H3,(H,21,23). The molecule has 0 saturated carbocycles. The van der Waals surface area contributed by atoms with Gasteiger partial charge in [-0.15, -0.1) is 0 Å². The van der Waals surface area contributed by atoms with Crippen molar-refractivity contribution >= 4 is 23.2 Å². The second kappa shape index (κ2) is 6.64. The summed E-state index contributed by atoms with van der Waals surface area (Å²) in [4.78, 5) is 40.5. The summed E-state index contributed by atoms with van der Waals surface area (Å²) in [5.41, 5.74) is 7.24. The first-order chi connectivity index (χ1) is 12.5. The zero-order valence-electron chi connectivity index (χ0n) is 13.9. The first-order valence-electron chi connectivity index (χ1n) is 7.64. The fourth-order valence-electron chi connectivity index (χ4n) is 2.60. The van der Waals surface area contributed by atoms with Gasteiger partial charge in [-0.2, -0.15) is 0 Å². The number of hydrogen-bond donors (Lipinski definition) is 2. The van der Waals surface area contributed by atoms with Gasteiger partial charge in [-0.1, -0.05) is 18.7 Å². The van der Waals surface area contributed by atoms with Gasteiger partial charge >= 0.3 is 0 Å². The summed E-state index contributed by atoms with van der Waals surface area (Å²) in [6.07, 6.45) is 1.16. The van der Waals surface area contributed by atoms with Crippen molar-refractivity contribution in [3.05, 3.63) is 71.8 Å². The van der Waals surface area contributed by atoms with E-state index in [2.05, 4.69) is 16.9 Å². The summed E-state index contributed by atoms with van der Waals surface area (Å²) in [5.74, 6) is -1.56. The summed E-state index contributed by atoms with van der Waals surface area (Å²) in [6, 6.07) is 10.0. The van der Waals surface area contributed by atoms with E-state index >= 15 is 0 Å². The molecular formula is C19H15N3O4. The first-order valence-corrected chi connectivity index (χ1v) is 7.64. The van der Waals surface area contributed by atoms with Crippen LogP contribution in [0.25, 0.3) is 11.3 Å². The predicted molar refractivity (Wildman–Crippen MR) is 95.4 cm³/mol. The van der Waals surface area contributed by atoms with Crippen molar-refractivity contribution in [3.8, 4) is 11.3 Å². The molecule has 0 saturated heterocycles. The maximum Gasteiger partial charge on any atom is 0.247 e. The summed E-state index contributed by atoms with van der Waals surface area (Å²) in [7, 11) is 1.28. The van der Waals surface area contributed by atoms with Crippen molar-refractivity contribution in [2.45, 2.75) is 0 Å². The highest BCUT2D eigenvalue weighted by Crippen LogP contribution is 2.27. The van der Waals surface area contributed by atoms with Crippen LogP contribution >= 0.6 is 0 Å². The number of ether oxygens (including phenoxy) is 1. The highest BCUT2D eigenvalue weighted by Gasteiger charge is 2.33. The quantitative estimate of drug-likeness (QED) is 0.817. The number of nitrogens with two attached hydrogens (primary N) is 1.